The van der Waals surface area contributed by atoms with Gasteiger partial charge in [0, 0.05) is 23.6 Å². The Labute approximate surface area is 93.8 Å². The van der Waals surface area contributed by atoms with E-state index < -0.39 is 0 Å². The van der Waals surface area contributed by atoms with Crippen LogP contribution in [0.1, 0.15) is 24.4 Å². The Balaban J connectivity index is 2.07. The average Bonchev–Trinajstić information content (AvgIpc) is 2.67. The summed E-state index contributed by atoms with van der Waals surface area (Å²) < 4.78 is 5.12. The highest BCUT2D eigenvalue weighted by molar-refractivity contribution is 8.00. The normalized spacial score (nSPS) is 26.7. The summed E-state index contributed by atoms with van der Waals surface area (Å²) in [6.45, 7) is 5.94. The first-order chi connectivity index (χ1) is 7.16. The third-order valence-electron chi connectivity index (χ3n) is 2.44. The summed E-state index contributed by atoms with van der Waals surface area (Å²) >= 11 is 1.94. The summed E-state index contributed by atoms with van der Waals surface area (Å²) in [6.07, 6.45) is 1.54. The van der Waals surface area contributed by atoms with Gasteiger partial charge in [-0.25, -0.2) is 0 Å². The van der Waals surface area contributed by atoms with Crippen molar-refractivity contribution in [2.24, 2.45) is 0 Å². The zero-order valence-corrected chi connectivity index (χ0v) is 9.79. The fourth-order valence-corrected chi connectivity index (χ4v) is 3.22. The lowest BCUT2D eigenvalue weighted by atomic mass is 10.3. The van der Waals surface area contributed by atoms with E-state index in [4.69, 9.17) is 4.42 Å². The Morgan fingerprint density at radius 3 is 2.67 bits per heavy atom. The summed E-state index contributed by atoms with van der Waals surface area (Å²) in [5.74, 6) is 0.459. The first-order valence-electron chi connectivity index (χ1n) is 5.15. The lowest BCUT2D eigenvalue weighted by Crippen LogP contribution is -2.43. The van der Waals surface area contributed by atoms with Crippen LogP contribution in [0.3, 0.4) is 0 Å². The van der Waals surface area contributed by atoms with Crippen molar-refractivity contribution in [3.8, 4) is 0 Å². The lowest BCUT2D eigenvalue weighted by molar-refractivity contribution is 0.0721. The van der Waals surface area contributed by atoms with Crippen molar-refractivity contribution in [3.63, 3.8) is 0 Å². The first kappa shape index (κ1) is 10.6. The summed E-state index contributed by atoms with van der Waals surface area (Å²) in [7, 11) is 0. The van der Waals surface area contributed by atoms with Gasteiger partial charge in [0.2, 0.25) is 0 Å². The molecule has 15 heavy (non-hydrogen) atoms. The van der Waals surface area contributed by atoms with Gasteiger partial charge in [-0.1, -0.05) is 13.8 Å². The van der Waals surface area contributed by atoms with Crippen LogP contribution < -0.4 is 0 Å². The van der Waals surface area contributed by atoms with Crippen LogP contribution in [-0.2, 0) is 0 Å². The number of nitrogens with zero attached hydrogens (tertiary/aromatic N) is 1. The molecule has 1 aromatic heterocycles. The van der Waals surface area contributed by atoms with Gasteiger partial charge >= 0.3 is 0 Å². The highest BCUT2D eigenvalue weighted by Crippen LogP contribution is 2.25. The predicted molar refractivity (Wildman–Crippen MR) is 61.1 cm³/mol. The largest absolute Gasteiger partial charge is 0.459 e. The minimum Gasteiger partial charge on any atom is -0.459 e. The molecule has 0 bridgehead atoms. The van der Waals surface area contributed by atoms with Crippen molar-refractivity contribution in [2.75, 3.05) is 13.1 Å². The molecule has 1 aliphatic heterocycles. The van der Waals surface area contributed by atoms with E-state index in [1.54, 1.807) is 18.4 Å². The molecule has 1 saturated heterocycles. The standard InChI is InChI=1S/C11H15NO2S/c1-8-6-12(7-9(2)15-8)11(13)10-4-3-5-14-10/h3-5,8-9H,6-7H2,1-2H3. The van der Waals surface area contributed by atoms with Gasteiger partial charge in [-0.2, -0.15) is 11.8 Å². The maximum atomic E-state index is 12.0. The zero-order valence-electron chi connectivity index (χ0n) is 8.97. The second-order valence-electron chi connectivity index (χ2n) is 3.94. The molecule has 2 rings (SSSR count). The quantitative estimate of drug-likeness (QED) is 0.735. The third kappa shape index (κ3) is 2.37. The number of carbonyl (C=O) groups is 1. The minimum absolute atomic E-state index is 0.0130. The number of furan rings is 1. The monoisotopic (exact) mass is 225 g/mol. The molecule has 1 fully saturated rings. The van der Waals surface area contributed by atoms with Crippen molar-refractivity contribution >= 4 is 17.7 Å². The first-order valence-corrected chi connectivity index (χ1v) is 6.09. The van der Waals surface area contributed by atoms with Crippen LogP contribution >= 0.6 is 11.8 Å². The van der Waals surface area contributed by atoms with Gasteiger partial charge in [-0.15, -0.1) is 0 Å². The van der Waals surface area contributed by atoms with Crippen LogP contribution in [0.2, 0.25) is 0 Å². The van der Waals surface area contributed by atoms with Crippen LogP contribution in [0.25, 0.3) is 0 Å². The summed E-state index contributed by atoms with van der Waals surface area (Å²) in [5.41, 5.74) is 0. The molecule has 2 unspecified atom stereocenters. The van der Waals surface area contributed by atoms with Crippen molar-refractivity contribution in [2.45, 2.75) is 24.3 Å². The van der Waals surface area contributed by atoms with E-state index in [2.05, 4.69) is 13.8 Å². The van der Waals surface area contributed by atoms with Crippen LogP contribution in [0, 0.1) is 0 Å². The predicted octanol–water partition coefficient (Wildman–Crippen LogP) is 2.25. The van der Waals surface area contributed by atoms with Gasteiger partial charge in [-0.05, 0) is 12.1 Å². The lowest BCUT2D eigenvalue weighted by Gasteiger charge is -2.34. The van der Waals surface area contributed by atoms with Crippen LogP contribution in [0.4, 0.5) is 0 Å². The number of rotatable bonds is 1. The third-order valence-corrected chi connectivity index (χ3v) is 3.67. The molecule has 4 heteroatoms. The highest BCUT2D eigenvalue weighted by atomic mass is 32.2. The topological polar surface area (TPSA) is 33.5 Å². The molecule has 0 aliphatic carbocycles. The van der Waals surface area contributed by atoms with Crippen molar-refractivity contribution in [1.29, 1.82) is 0 Å². The van der Waals surface area contributed by atoms with Gasteiger partial charge in [0.25, 0.3) is 5.91 Å². The van der Waals surface area contributed by atoms with E-state index in [1.807, 2.05) is 16.7 Å². The smallest absolute Gasteiger partial charge is 0.289 e. The molecule has 82 valence electrons. The number of thioether (sulfide) groups is 1. The van der Waals surface area contributed by atoms with E-state index in [0.717, 1.165) is 13.1 Å². The van der Waals surface area contributed by atoms with Gasteiger partial charge in [0.05, 0.1) is 6.26 Å². The highest BCUT2D eigenvalue weighted by Gasteiger charge is 2.27. The average molecular weight is 225 g/mol. The van der Waals surface area contributed by atoms with Gasteiger partial charge < -0.3 is 9.32 Å². The van der Waals surface area contributed by atoms with Gasteiger partial charge in [0.1, 0.15) is 0 Å². The molecular weight excluding hydrogens is 210 g/mol. The molecule has 2 atom stereocenters. The molecule has 2 heterocycles. The molecule has 0 radical (unpaired) electrons. The molecular formula is C11H15NO2S. The van der Waals surface area contributed by atoms with Gasteiger partial charge in [-0.3, -0.25) is 4.79 Å². The van der Waals surface area contributed by atoms with Crippen LogP contribution in [-0.4, -0.2) is 34.4 Å². The molecule has 3 nitrogen and oxygen atoms in total. The summed E-state index contributed by atoms with van der Waals surface area (Å²) in [4.78, 5) is 13.9. The van der Waals surface area contributed by atoms with Crippen molar-refractivity contribution in [3.05, 3.63) is 24.2 Å². The molecule has 1 amide bonds. The molecule has 0 N–H and O–H groups in total. The summed E-state index contributed by atoms with van der Waals surface area (Å²) in [5, 5.41) is 1.01. The number of hydrogen-bond donors (Lipinski definition) is 0. The molecule has 0 saturated carbocycles. The minimum atomic E-state index is 0.0130. The Morgan fingerprint density at radius 2 is 2.13 bits per heavy atom. The summed E-state index contributed by atoms with van der Waals surface area (Å²) in [6, 6.07) is 3.47. The Hall–Kier alpha value is -0.900. The van der Waals surface area contributed by atoms with Crippen molar-refractivity contribution < 1.29 is 9.21 Å². The SMILES string of the molecule is CC1CN(C(=O)c2ccco2)CC(C)S1. The van der Waals surface area contributed by atoms with E-state index in [-0.39, 0.29) is 5.91 Å². The maximum absolute atomic E-state index is 12.0. The molecule has 1 aliphatic rings. The Kier molecular flexibility index (Phi) is 3.05. The van der Waals surface area contributed by atoms with Crippen LogP contribution in [0.5, 0.6) is 0 Å². The number of hydrogen-bond acceptors (Lipinski definition) is 3. The van der Waals surface area contributed by atoms with Crippen molar-refractivity contribution in [1.82, 2.24) is 4.90 Å². The Bertz CT molecular complexity index is 326. The second kappa shape index (κ2) is 4.31. The van der Waals surface area contributed by atoms with E-state index in [9.17, 15) is 4.79 Å². The fourth-order valence-electron chi connectivity index (χ4n) is 1.90. The van der Waals surface area contributed by atoms with Crippen LogP contribution in [0.15, 0.2) is 22.8 Å². The van der Waals surface area contributed by atoms with E-state index >= 15 is 0 Å². The zero-order chi connectivity index (χ0) is 10.8. The maximum Gasteiger partial charge on any atom is 0.289 e. The molecule has 1 aromatic rings. The van der Waals surface area contributed by atoms with E-state index in [1.165, 1.54) is 0 Å². The number of carbonyl (C=O) groups excluding carboxylic acids is 1. The Morgan fingerprint density at radius 1 is 1.47 bits per heavy atom. The second-order valence-corrected chi connectivity index (χ2v) is 5.83. The fraction of sp³-hybridized carbons (Fsp3) is 0.545. The molecule has 0 aromatic carbocycles. The van der Waals surface area contributed by atoms with E-state index in [0.29, 0.717) is 16.3 Å². The van der Waals surface area contributed by atoms with Gasteiger partial charge in [0.15, 0.2) is 5.76 Å². The molecule has 0 spiro atoms. The number of amides is 1.